The van der Waals surface area contributed by atoms with Crippen molar-refractivity contribution in [3.63, 3.8) is 0 Å². The molecule has 0 saturated heterocycles. The third-order valence-corrected chi connectivity index (χ3v) is 3.58. The van der Waals surface area contributed by atoms with Crippen LogP contribution in [0.2, 0.25) is 0 Å². The lowest BCUT2D eigenvalue weighted by atomic mass is 10.1. The van der Waals surface area contributed by atoms with E-state index in [0.29, 0.717) is 16.6 Å². The van der Waals surface area contributed by atoms with E-state index >= 15 is 0 Å². The van der Waals surface area contributed by atoms with Crippen molar-refractivity contribution in [1.29, 1.82) is 0 Å². The van der Waals surface area contributed by atoms with Crippen LogP contribution in [0.25, 0.3) is 0 Å². The summed E-state index contributed by atoms with van der Waals surface area (Å²) in [6.45, 7) is 0.0162. The number of methoxy groups -OCH3 is 1. The van der Waals surface area contributed by atoms with Crippen LogP contribution in [0, 0.1) is 0 Å². The van der Waals surface area contributed by atoms with E-state index in [1.807, 2.05) is 0 Å². The van der Waals surface area contributed by atoms with E-state index in [-0.39, 0.29) is 24.2 Å². The number of ether oxygens (including phenoxy) is 2. The number of imide groups is 1. The highest BCUT2D eigenvalue weighted by molar-refractivity contribution is 6.20. The number of carbonyl (C=O) groups is 3. The quantitative estimate of drug-likeness (QED) is 0.749. The summed E-state index contributed by atoms with van der Waals surface area (Å²) in [7, 11) is 1.51. The van der Waals surface area contributed by atoms with Gasteiger partial charge in [-0.3, -0.25) is 9.59 Å². The lowest BCUT2D eigenvalue weighted by Crippen LogP contribution is -2.33. The number of rotatable bonds is 6. The number of hydroxylamine groups is 2. The fraction of sp³-hybridized carbons (Fsp3) is 0.167. The van der Waals surface area contributed by atoms with Gasteiger partial charge in [0.15, 0.2) is 11.5 Å². The lowest BCUT2D eigenvalue weighted by Gasteiger charge is -2.13. The molecule has 0 bridgehead atoms. The van der Waals surface area contributed by atoms with Crippen molar-refractivity contribution in [1.82, 2.24) is 5.06 Å². The number of hydrogen-bond donors (Lipinski definition) is 0. The maximum absolute atomic E-state index is 12.1. The number of benzene rings is 2. The lowest BCUT2D eigenvalue weighted by molar-refractivity contribution is -0.169. The number of carbonyl (C=O) groups excluding carboxylic acids is 3. The van der Waals surface area contributed by atoms with Gasteiger partial charge in [-0.25, -0.2) is 4.79 Å². The fourth-order valence-electron chi connectivity index (χ4n) is 2.38. The van der Waals surface area contributed by atoms with E-state index in [2.05, 4.69) is 0 Å². The number of fused-ring (bicyclic) bond motifs is 1. The zero-order valence-electron chi connectivity index (χ0n) is 13.4. The maximum Gasteiger partial charge on any atom is 0.336 e. The average Bonchev–Trinajstić information content (AvgIpc) is 2.87. The predicted octanol–water partition coefficient (Wildman–Crippen LogP) is 2.22. The molecule has 0 aliphatic carbocycles. The predicted molar refractivity (Wildman–Crippen MR) is 86.1 cm³/mol. The average molecular weight is 341 g/mol. The number of amides is 2. The number of hydrogen-bond acceptors (Lipinski definition) is 6. The van der Waals surface area contributed by atoms with Gasteiger partial charge in [-0.2, -0.15) is 0 Å². The van der Waals surface area contributed by atoms with E-state index in [9.17, 15) is 14.4 Å². The van der Waals surface area contributed by atoms with Crippen LogP contribution in [0.1, 0.15) is 27.1 Å². The second-order valence-electron chi connectivity index (χ2n) is 5.16. The van der Waals surface area contributed by atoms with Crippen molar-refractivity contribution in [3.05, 3.63) is 59.7 Å². The Kier molecular flexibility index (Phi) is 4.65. The second-order valence-corrected chi connectivity index (χ2v) is 5.16. The largest absolute Gasteiger partial charge is 0.493 e. The summed E-state index contributed by atoms with van der Waals surface area (Å²) in [5.74, 6) is -1.03. The van der Waals surface area contributed by atoms with Gasteiger partial charge in [0.2, 0.25) is 0 Å². The molecular weight excluding hydrogens is 326 g/mol. The third kappa shape index (κ3) is 3.30. The van der Waals surface area contributed by atoms with Crippen molar-refractivity contribution in [2.24, 2.45) is 0 Å². The minimum atomic E-state index is -0.746. The van der Waals surface area contributed by atoms with Gasteiger partial charge in [-0.1, -0.05) is 29.3 Å². The first kappa shape index (κ1) is 16.5. The van der Waals surface area contributed by atoms with Crippen molar-refractivity contribution in [3.8, 4) is 11.5 Å². The Morgan fingerprint density at radius 3 is 2.08 bits per heavy atom. The molecule has 0 unspecified atom stereocenters. The van der Waals surface area contributed by atoms with E-state index in [0.717, 1.165) is 0 Å². The Bertz CT molecular complexity index is 797. The van der Waals surface area contributed by atoms with Crippen molar-refractivity contribution in [2.75, 3.05) is 13.7 Å². The SMILES string of the molecule is COc1ccccc1OCCC(=O)ON1C(=O)c2ccccc2C1=O. The van der Waals surface area contributed by atoms with Crippen molar-refractivity contribution >= 4 is 17.8 Å². The maximum atomic E-state index is 12.1. The molecule has 0 N–H and O–H groups in total. The monoisotopic (exact) mass is 341 g/mol. The van der Waals surface area contributed by atoms with E-state index < -0.39 is 17.8 Å². The Hall–Kier alpha value is -3.35. The highest BCUT2D eigenvalue weighted by Crippen LogP contribution is 2.26. The zero-order valence-corrected chi connectivity index (χ0v) is 13.4. The van der Waals surface area contributed by atoms with Gasteiger partial charge in [0.05, 0.1) is 31.3 Å². The molecule has 0 fully saturated rings. The van der Waals surface area contributed by atoms with E-state index in [1.54, 1.807) is 36.4 Å². The molecule has 7 nitrogen and oxygen atoms in total. The first-order valence-corrected chi connectivity index (χ1v) is 7.56. The second kappa shape index (κ2) is 7.04. The molecule has 0 aromatic heterocycles. The summed E-state index contributed by atoms with van der Waals surface area (Å²) in [5.41, 5.74) is 0.427. The standard InChI is InChI=1S/C18H15NO6/c1-23-14-8-4-5-9-15(14)24-11-10-16(20)25-19-17(21)12-6-2-3-7-13(12)18(19)22/h2-9H,10-11H2,1H3. The fourth-order valence-corrected chi connectivity index (χ4v) is 2.38. The van der Waals surface area contributed by atoms with Gasteiger partial charge >= 0.3 is 5.97 Å². The molecule has 7 heteroatoms. The highest BCUT2D eigenvalue weighted by Gasteiger charge is 2.38. The molecule has 1 aliphatic heterocycles. The topological polar surface area (TPSA) is 82.1 Å². The van der Waals surface area contributed by atoms with Gasteiger partial charge in [-0.05, 0) is 24.3 Å². The molecule has 0 spiro atoms. The Morgan fingerprint density at radius 2 is 1.48 bits per heavy atom. The summed E-state index contributed by atoms with van der Waals surface area (Å²) >= 11 is 0. The van der Waals surface area contributed by atoms with Gasteiger partial charge in [0.1, 0.15) is 0 Å². The van der Waals surface area contributed by atoms with Crippen LogP contribution >= 0.6 is 0 Å². The van der Waals surface area contributed by atoms with Crippen molar-refractivity contribution in [2.45, 2.75) is 6.42 Å². The van der Waals surface area contributed by atoms with Gasteiger partial charge in [-0.15, -0.1) is 0 Å². The summed E-state index contributed by atoms with van der Waals surface area (Å²) < 4.78 is 10.6. The van der Waals surface area contributed by atoms with Crippen LogP contribution in [0.15, 0.2) is 48.5 Å². The zero-order chi connectivity index (χ0) is 17.8. The molecule has 1 aliphatic rings. The van der Waals surface area contributed by atoms with E-state index in [4.69, 9.17) is 14.3 Å². The van der Waals surface area contributed by atoms with Gasteiger partial charge in [0, 0.05) is 0 Å². The summed E-state index contributed by atoms with van der Waals surface area (Å²) in [6.07, 6.45) is -0.133. The molecule has 3 rings (SSSR count). The smallest absolute Gasteiger partial charge is 0.336 e. The van der Waals surface area contributed by atoms with Crippen LogP contribution in [0.4, 0.5) is 0 Å². The molecule has 2 aromatic rings. The van der Waals surface area contributed by atoms with E-state index in [1.165, 1.54) is 19.2 Å². The first-order valence-electron chi connectivity index (χ1n) is 7.56. The Morgan fingerprint density at radius 1 is 0.920 bits per heavy atom. The minimum Gasteiger partial charge on any atom is -0.493 e. The summed E-state index contributed by atoms with van der Waals surface area (Å²) in [5, 5.41) is 0.482. The summed E-state index contributed by atoms with van der Waals surface area (Å²) in [4.78, 5) is 41.0. The minimum absolute atomic E-state index is 0.0162. The van der Waals surface area contributed by atoms with Crippen LogP contribution < -0.4 is 9.47 Å². The Labute approximate surface area is 143 Å². The van der Waals surface area contributed by atoms with Gasteiger partial charge in [0.25, 0.3) is 11.8 Å². The van der Waals surface area contributed by atoms with Crippen LogP contribution in [-0.4, -0.2) is 36.6 Å². The third-order valence-electron chi connectivity index (χ3n) is 3.58. The number of para-hydroxylation sites is 2. The van der Waals surface area contributed by atoms with Crippen LogP contribution in [0.5, 0.6) is 11.5 Å². The van der Waals surface area contributed by atoms with Crippen LogP contribution in [-0.2, 0) is 9.63 Å². The Balaban J connectivity index is 1.55. The molecule has 0 atom stereocenters. The molecule has 128 valence electrons. The van der Waals surface area contributed by atoms with Gasteiger partial charge < -0.3 is 14.3 Å². The molecule has 2 amide bonds. The highest BCUT2D eigenvalue weighted by atomic mass is 16.7. The molecule has 25 heavy (non-hydrogen) atoms. The molecule has 2 aromatic carbocycles. The molecule has 0 saturated carbocycles. The molecule has 0 radical (unpaired) electrons. The van der Waals surface area contributed by atoms with Crippen molar-refractivity contribution < 1.29 is 28.7 Å². The first-order chi connectivity index (χ1) is 12.1. The molecule has 1 heterocycles. The van der Waals surface area contributed by atoms with Crippen LogP contribution in [0.3, 0.4) is 0 Å². The summed E-state index contributed by atoms with van der Waals surface area (Å²) in [6, 6.07) is 13.3. The normalized spacial score (nSPS) is 12.8. The molecular formula is C18H15NO6. The number of nitrogens with zero attached hydrogens (tertiary/aromatic N) is 1.